The zero-order valence-corrected chi connectivity index (χ0v) is 10.4. The van der Waals surface area contributed by atoms with Crippen molar-refractivity contribution in [3.63, 3.8) is 0 Å². The second kappa shape index (κ2) is 5.55. The van der Waals surface area contributed by atoms with Gasteiger partial charge in [0.25, 0.3) is 0 Å². The van der Waals surface area contributed by atoms with E-state index in [1.807, 2.05) is 0 Å². The lowest BCUT2D eigenvalue weighted by Gasteiger charge is -2.39. The van der Waals surface area contributed by atoms with Crippen LogP contribution in [0.5, 0.6) is 0 Å². The lowest BCUT2D eigenvalue weighted by molar-refractivity contribution is 0.155. The fourth-order valence-corrected chi connectivity index (χ4v) is 3.94. The molecule has 0 aromatic rings. The van der Waals surface area contributed by atoms with Gasteiger partial charge in [-0.2, -0.15) is 0 Å². The summed E-state index contributed by atoms with van der Waals surface area (Å²) in [6.45, 7) is 2.19. The van der Waals surface area contributed by atoms with Crippen molar-refractivity contribution in [2.45, 2.75) is 64.1 Å². The zero-order valence-electron chi connectivity index (χ0n) is 10.4. The molecule has 2 fully saturated rings. The fourth-order valence-electron chi connectivity index (χ4n) is 3.94. The molecule has 2 nitrogen and oxygen atoms in total. The first kappa shape index (κ1) is 12.4. The number of hydrogen-bond acceptors (Lipinski definition) is 2. The highest BCUT2D eigenvalue weighted by atomic mass is 16.4. The molecule has 2 saturated carbocycles. The van der Waals surface area contributed by atoms with Crippen molar-refractivity contribution in [1.82, 2.24) is 0 Å². The van der Waals surface area contributed by atoms with Crippen LogP contribution in [-0.2, 0) is 0 Å². The Hall–Kier alpha value is -0.0151. The Bertz CT molecular complexity index is 214. The summed E-state index contributed by atoms with van der Waals surface area (Å²) in [6, 6.07) is 0. The Morgan fingerprint density at radius 2 is 1.56 bits per heavy atom. The summed E-state index contributed by atoms with van der Waals surface area (Å²) in [6.07, 6.45) is 10.6. The molecule has 3 heteroatoms. The molecule has 0 radical (unpaired) electrons. The Morgan fingerprint density at radius 1 is 0.875 bits per heavy atom. The quantitative estimate of drug-likeness (QED) is 0.708. The molecule has 0 heterocycles. The molecule has 3 atom stereocenters. The van der Waals surface area contributed by atoms with Crippen molar-refractivity contribution in [2.24, 2.45) is 17.8 Å². The highest BCUT2D eigenvalue weighted by molar-refractivity contribution is 6.43. The third kappa shape index (κ3) is 2.81. The van der Waals surface area contributed by atoms with Crippen LogP contribution in [0.2, 0.25) is 5.82 Å². The van der Waals surface area contributed by atoms with Crippen LogP contribution < -0.4 is 0 Å². The van der Waals surface area contributed by atoms with Gasteiger partial charge in [-0.1, -0.05) is 51.9 Å². The van der Waals surface area contributed by atoms with Gasteiger partial charge < -0.3 is 10.0 Å². The molecule has 2 N–H and O–H groups in total. The van der Waals surface area contributed by atoms with Gasteiger partial charge >= 0.3 is 7.12 Å². The summed E-state index contributed by atoms with van der Waals surface area (Å²) < 4.78 is 0. The van der Waals surface area contributed by atoms with Gasteiger partial charge in [-0.25, -0.2) is 0 Å². The Balaban J connectivity index is 1.86. The van der Waals surface area contributed by atoms with Crippen molar-refractivity contribution >= 4 is 7.12 Å². The molecular weight excluding hydrogens is 199 g/mol. The Morgan fingerprint density at radius 3 is 2.12 bits per heavy atom. The summed E-state index contributed by atoms with van der Waals surface area (Å²) in [5.74, 6) is 2.42. The van der Waals surface area contributed by atoms with Crippen LogP contribution in [-0.4, -0.2) is 17.2 Å². The summed E-state index contributed by atoms with van der Waals surface area (Å²) in [7, 11) is -1.10. The predicted molar refractivity (Wildman–Crippen MR) is 67.0 cm³/mol. The van der Waals surface area contributed by atoms with Gasteiger partial charge in [-0.3, -0.25) is 0 Å². The molecular formula is C13H25BO2. The Labute approximate surface area is 99.6 Å². The van der Waals surface area contributed by atoms with E-state index in [4.69, 9.17) is 0 Å². The summed E-state index contributed by atoms with van der Waals surface area (Å²) >= 11 is 0. The summed E-state index contributed by atoms with van der Waals surface area (Å²) in [5.41, 5.74) is 0. The first-order chi connectivity index (χ1) is 7.68. The second-order valence-corrected chi connectivity index (χ2v) is 6.03. The van der Waals surface area contributed by atoms with Gasteiger partial charge in [0.05, 0.1) is 0 Å². The van der Waals surface area contributed by atoms with E-state index in [1.165, 1.54) is 44.9 Å². The number of rotatable bonds is 2. The summed E-state index contributed by atoms with van der Waals surface area (Å²) in [5, 5.41) is 18.6. The minimum atomic E-state index is -1.10. The van der Waals surface area contributed by atoms with Crippen LogP contribution in [0.3, 0.4) is 0 Å². The topological polar surface area (TPSA) is 40.5 Å². The average molecular weight is 224 g/mol. The van der Waals surface area contributed by atoms with E-state index < -0.39 is 7.12 Å². The second-order valence-electron chi connectivity index (χ2n) is 6.03. The smallest absolute Gasteiger partial charge is 0.427 e. The van der Waals surface area contributed by atoms with Crippen LogP contribution in [0.25, 0.3) is 0 Å². The molecule has 2 aliphatic rings. The molecule has 92 valence electrons. The van der Waals surface area contributed by atoms with Gasteiger partial charge in [-0.15, -0.1) is 0 Å². The van der Waals surface area contributed by atoms with Gasteiger partial charge in [0.15, 0.2) is 0 Å². The van der Waals surface area contributed by atoms with E-state index >= 15 is 0 Å². The van der Waals surface area contributed by atoms with Crippen molar-refractivity contribution in [3.05, 3.63) is 0 Å². The normalized spacial score (nSPS) is 37.3. The maximum Gasteiger partial charge on any atom is 0.455 e. The molecule has 3 unspecified atom stereocenters. The molecule has 2 rings (SSSR count). The van der Waals surface area contributed by atoms with Gasteiger partial charge in [0.2, 0.25) is 0 Å². The standard InChI is InChI=1S/C13H25BO2/c1-10-9-12(7-8-13(10)14(15)16)11-5-3-2-4-6-11/h10-13,15-16H,2-9H2,1H3. The maximum atomic E-state index is 9.30. The monoisotopic (exact) mass is 224 g/mol. The van der Waals surface area contributed by atoms with E-state index in [0.29, 0.717) is 5.92 Å². The third-order valence-corrected chi connectivity index (χ3v) is 4.98. The van der Waals surface area contributed by atoms with Crippen molar-refractivity contribution in [1.29, 1.82) is 0 Å². The van der Waals surface area contributed by atoms with Crippen LogP contribution in [0.1, 0.15) is 58.3 Å². The van der Waals surface area contributed by atoms with Crippen molar-refractivity contribution in [3.8, 4) is 0 Å². The van der Waals surface area contributed by atoms with Crippen molar-refractivity contribution in [2.75, 3.05) is 0 Å². The minimum absolute atomic E-state index is 0.125. The molecule has 0 spiro atoms. The lowest BCUT2D eigenvalue weighted by atomic mass is 9.56. The van der Waals surface area contributed by atoms with Gasteiger partial charge in [0.1, 0.15) is 0 Å². The fraction of sp³-hybridized carbons (Fsp3) is 1.00. The molecule has 0 amide bonds. The van der Waals surface area contributed by atoms with Crippen LogP contribution in [0.15, 0.2) is 0 Å². The molecule has 0 aromatic heterocycles. The predicted octanol–water partition coefficient (Wildman–Crippen LogP) is 2.85. The first-order valence-corrected chi connectivity index (χ1v) is 7.04. The van der Waals surface area contributed by atoms with E-state index in [0.717, 1.165) is 18.3 Å². The van der Waals surface area contributed by atoms with E-state index in [9.17, 15) is 10.0 Å². The Kier molecular flexibility index (Phi) is 4.31. The largest absolute Gasteiger partial charge is 0.455 e. The molecule has 0 aliphatic heterocycles. The third-order valence-electron chi connectivity index (χ3n) is 4.98. The number of hydrogen-bond donors (Lipinski definition) is 2. The average Bonchev–Trinajstić information content (AvgIpc) is 2.29. The zero-order chi connectivity index (χ0) is 11.5. The van der Waals surface area contributed by atoms with Gasteiger partial charge in [-0.05, 0) is 30.0 Å². The van der Waals surface area contributed by atoms with Crippen LogP contribution in [0, 0.1) is 17.8 Å². The highest BCUT2D eigenvalue weighted by Crippen LogP contribution is 2.44. The van der Waals surface area contributed by atoms with E-state index in [2.05, 4.69) is 6.92 Å². The van der Waals surface area contributed by atoms with Crippen LogP contribution >= 0.6 is 0 Å². The molecule has 0 aromatic carbocycles. The molecule has 0 saturated heterocycles. The maximum absolute atomic E-state index is 9.30. The SMILES string of the molecule is CC1CC(C2CCCCC2)CCC1B(O)O. The first-order valence-electron chi connectivity index (χ1n) is 7.04. The van der Waals surface area contributed by atoms with E-state index in [1.54, 1.807) is 0 Å². The van der Waals surface area contributed by atoms with Gasteiger partial charge in [0, 0.05) is 0 Å². The van der Waals surface area contributed by atoms with Crippen molar-refractivity contribution < 1.29 is 10.0 Å². The molecule has 16 heavy (non-hydrogen) atoms. The molecule has 0 bridgehead atoms. The molecule has 2 aliphatic carbocycles. The highest BCUT2D eigenvalue weighted by Gasteiger charge is 2.37. The minimum Gasteiger partial charge on any atom is -0.427 e. The summed E-state index contributed by atoms with van der Waals surface area (Å²) in [4.78, 5) is 0. The lowest BCUT2D eigenvalue weighted by Crippen LogP contribution is -2.33. The van der Waals surface area contributed by atoms with E-state index in [-0.39, 0.29) is 5.82 Å². The van der Waals surface area contributed by atoms with Crippen LogP contribution in [0.4, 0.5) is 0 Å².